The molecule has 0 bridgehead atoms. The van der Waals surface area contributed by atoms with Gasteiger partial charge in [-0.05, 0) is 17.7 Å². The van der Waals surface area contributed by atoms with Crippen LogP contribution in [0, 0.1) is 0 Å². The minimum Gasteiger partial charge on any atom is -0.395 e. The van der Waals surface area contributed by atoms with Crippen molar-refractivity contribution >= 4 is 11.6 Å². The third-order valence-electron chi connectivity index (χ3n) is 3.16. The van der Waals surface area contributed by atoms with Crippen molar-refractivity contribution in [1.82, 2.24) is 4.90 Å². The summed E-state index contributed by atoms with van der Waals surface area (Å²) in [4.78, 5) is 2.20. The molecule has 0 unspecified atom stereocenters. The highest BCUT2D eigenvalue weighted by atomic mass is 35.5. The first-order valence-electron chi connectivity index (χ1n) is 5.55. The quantitative estimate of drug-likeness (QED) is 0.831. The van der Waals surface area contributed by atoms with E-state index in [1.165, 1.54) is 5.56 Å². The van der Waals surface area contributed by atoms with Crippen molar-refractivity contribution in [2.45, 2.75) is 12.0 Å². The Hall–Kier alpha value is -0.610. The lowest BCUT2D eigenvalue weighted by Gasteiger charge is -2.15. The molecule has 2 rings (SSSR count). The standard InChI is InChI=1S/C12H17ClN2O/c13-10-3-1-9(2-4-10)11-7-15(5-6-16)8-12(11)14/h1-4,11-12,16H,5-8,14H2/t11-,12+/m0/s1. The van der Waals surface area contributed by atoms with Crippen LogP contribution in [0.3, 0.4) is 0 Å². The minimum atomic E-state index is 0.146. The molecule has 0 aliphatic carbocycles. The Balaban J connectivity index is 2.07. The lowest BCUT2D eigenvalue weighted by atomic mass is 9.95. The van der Waals surface area contributed by atoms with Gasteiger partial charge in [-0.1, -0.05) is 23.7 Å². The van der Waals surface area contributed by atoms with E-state index in [1.807, 2.05) is 24.3 Å². The van der Waals surface area contributed by atoms with E-state index in [2.05, 4.69) is 4.90 Å². The van der Waals surface area contributed by atoms with Gasteiger partial charge in [0.25, 0.3) is 0 Å². The maximum absolute atomic E-state index is 8.91. The number of rotatable bonds is 3. The van der Waals surface area contributed by atoms with Crippen LogP contribution in [0.15, 0.2) is 24.3 Å². The summed E-state index contributed by atoms with van der Waals surface area (Å²) < 4.78 is 0. The van der Waals surface area contributed by atoms with Gasteiger partial charge in [-0.25, -0.2) is 0 Å². The topological polar surface area (TPSA) is 49.5 Å². The van der Waals surface area contributed by atoms with E-state index in [4.69, 9.17) is 22.4 Å². The molecule has 2 atom stereocenters. The molecule has 0 amide bonds. The monoisotopic (exact) mass is 240 g/mol. The summed E-state index contributed by atoms with van der Waals surface area (Å²) in [5.41, 5.74) is 7.35. The molecule has 1 heterocycles. The van der Waals surface area contributed by atoms with Crippen molar-refractivity contribution in [3.8, 4) is 0 Å². The Kier molecular flexibility index (Phi) is 3.82. The van der Waals surface area contributed by atoms with E-state index >= 15 is 0 Å². The van der Waals surface area contributed by atoms with Gasteiger partial charge in [0, 0.05) is 36.6 Å². The molecule has 0 saturated carbocycles. The number of hydrogen-bond acceptors (Lipinski definition) is 3. The number of hydrogen-bond donors (Lipinski definition) is 2. The summed E-state index contributed by atoms with van der Waals surface area (Å²) in [6, 6.07) is 8.02. The van der Waals surface area contributed by atoms with E-state index in [0.717, 1.165) is 18.1 Å². The number of likely N-dealkylation sites (tertiary alicyclic amines) is 1. The van der Waals surface area contributed by atoms with Gasteiger partial charge in [-0.3, -0.25) is 4.90 Å². The summed E-state index contributed by atoms with van der Waals surface area (Å²) in [6.07, 6.45) is 0. The maximum atomic E-state index is 8.91. The van der Waals surface area contributed by atoms with E-state index in [1.54, 1.807) is 0 Å². The lowest BCUT2D eigenvalue weighted by molar-refractivity contribution is 0.219. The van der Waals surface area contributed by atoms with Gasteiger partial charge in [0.15, 0.2) is 0 Å². The van der Waals surface area contributed by atoms with E-state index in [9.17, 15) is 0 Å². The van der Waals surface area contributed by atoms with Gasteiger partial charge < -0.3 is 10.8 Å². The Labute approximate surface area is 101 Å². The third kappa shape index (κ3) is 2.55. The third-order valence-corrected chi connectivity index (χ3v) is 3.41. The van der Waals surface area contributed by atoms with Crippen LogP contribution < -0.4 is 5.73 Å². The fourth-order valence-electron chi connectivity index (χ4n) is 2.30. The van der Waals surface area contributed by atoms with Crippen LogP contribution in [0.25, 0.3) is 0 Å². The van der Waals surface area contributed by atoms with E-state index in [-0.39, 0.29) is 12.6 Å². The fraction of sp³-hybridized carbons (Fsp3) is 0.500. The molecule has 1 aliphatic heterocycles. The van der Waals surface area contributed by atoms with Crippen molar-refractivity contribution in [3.05, 3.63) is 34.9 Å². The zero-order valence-electron chi connectivity index (χ0n) is 9.14. The second kappa shape index (κ2) is 5.15. The Morgan fingerprint density at radius 3 is 2.62 bits per heavy atom. The molecule has 1 fully saturated rings. The predicted molar refractivity (Wildman–Crippen MR) is 65.7 cm³/mol. The van der Waals surface area contributed by atoms with Crippen LogP contribution in [-0.4, -0.2) is 42.3 Å². The molecule has 3 nitrogen and oxygen atoms in total. The average molecular weight is 241 g/mol. The summed E-state index contributed by atoms with van der Waals surface area (Å²) in [6.45, 7) is 2.68. The highest BCUT2D eigenvalue weighted by Gasteiger charge is 2.30. The first-order chi connectivity index (χ1) is 7.70. The predicted octanol–water partition coefficient (Wildman–Crippen LogP) is 1.06. The van der Waals surface area contributed by atoms with Crippen molar-refractivity contribution in [3.63, 3.8) is 0 Å². The summed E-state index contributed by atoms with van der Waals surface area (Å²) in [5.74, 6) is 0.351. The van der Waals surface area contributed by atoms with Crippen molar-refractivity contribution < 1.29 is 5.11 Å². The molecule has 1 aromatic rings. The zero-order chi connectivity index (χ0) is 11.5. The van der Waals surface area contributed by atoms with Crippen LogP contribution >= 0.6 is 11.6 Å². The molecule has 3 N–H and O–H groups in total. The van der Waals surface area contributed by atoms with Gasteiger partial charge in [0.2, 0.25) is 0 Å². The largest absolute Gasteiger partial charge is 0.395 e. The van der Waals surface area contributed by atoms with Crippen molar-refractivity contribution in [1.29, 1.82) is 0 Å². The van der Waals surface area contributed by atoms with Gasteiger partial charge >= 0.3 is 0 Å². The van der Waals surface area contributed by atoms with Crippen molar-refractivity contribution in [2.75, 3.05) is 26.2 Å². The summed E-state index contributed by atoms with van der Waals surface area (Å²) in [7, 11) is 0. The molecule has 4 heteroatoms. The zero-order valence-corrected chi connectivity index (χ0v) is 9.90. The normalized spacial score (nSPS) is 26.2. The Morgan fingerprint density at radius 1 is 1.31 bits per heavy atom. The molecule has 0 aromatic heterocycles. The number of nitrogens with zero attached hydrogens (tertiary/aromatic N) is 1. The highest BCUT2D eigenvalue weighted by Crippen LogP contribution is 2.27. The van der Waals surface area contributed by atoms with Crippen LogP contribution in [-0.2, 0) is 0 Å². The number of β-amino-alcohol motifs (C(OH)–C–C–N with tert-alkyl or cyclic N) is 1. The molecule has 0 spiro atoms. The molecule has 16 heavy (non-hydrogen) atoms. The molecular weight excluding hydrogens is 224 g/mol. The van der Waals surface area contributed by atoms with E-state index < -0.39 is 0 Å². The van der Waals surface area contributed by atoms with E-state index in [0.29, 0.717) is 12.5 Å². The average Bonchev–Trinajstić information content (AvgIpc) is 2.61. The summed E-state index contributed by atoms with van der Waals surface area (Å²) >= 11 is 5.86. The van der Waals surface area contributed by atoms with Gasteiger partial charge in [0.05, 0.1) is 6.61 Å². The maximum Gasteiger partial charge on any atom is 0.0558 e. The van der Waals surface area contributed by atoms with Gasteiger partial charge in [-0.15, -0.1) is 0 Å². The van der Waals surface area contributed by atoms with Crippen LogP contribution in [0.2, 0.25) is 5.02 Å². The smallest absolute Gasteiger partial charge is 0.0558 e. The Morgan fingerprint density at radius 2 is 2.00 bits per heavy atom. The molecule has 88 valence electrons. The Bertz CT molecular complexity index is 341. The molecule has 1 aliphatic rings. The number of aliphatic hydroxyl groups excluding tert-OH is 1. The molecule has 0 radical (unpaired) electrons. The number of benzene rings is 1. The second-order valence-electron chi connectivity index (χ2n) is 4.31. The van der Waals surface area contributed by atoms with Gasteiger partial charge in [-0.2, -0.15) is 0 Å². The number of aliphatic hydroxyl groups is 1. The van der Waals surface area contributed by atoms with Crippen LogP contribution in [0.5, 0.6) is 0 Å². The first-order valence-corrected chi connectivity index (χ1v) is 5.93. The SMILES string of the molecule is N[C@@H]1CN(CCO)C[C@H]1c1ccc(Cl)cc1. The van der Waals surface area contributed by atoms with Crippen molar-refractivity contribution in [2.24, 2.45) is 5.73 Å². The first kappa shape index (κ1) is 11.9. The van der Waals surface area contributed by atoms with Gasteiger partial charge in [0.1, 0.15) is 0 Å². The lowest BCUT2D eigenvalue weighted by Crippen LogP contribution is -2.29. The fourth-order valence-corrected chi connectivity index (χ4v) is 2.43. The molecule has 1 saturated heterocycles. The molecular formula is C12H17ClN2O. The summed E-state index contributed by atoms with van der Waals surface area (Å²) in [5, 5.41) is 9.66. The van der Waals surface area contributed by atoms with Crippen LogP contribution in [0.1, 0.15) is 11.5 Å². The highest BCUT2D eigenvalue weighted by molar-refractivity contribution is 6.30. The van der Waals surface area contributed by atoms with Crippen LogP contribution in [0.4, 0.5) is 0 Å². The number of nitrogens with two attached hydrogens (primary N) is 1. The minimum absolute atomic E-state index is 0.146. The second-order valence-corrected chi connectivity index (χ2v) is 4.74. The number of halogens is 1. The molecule has 1 aromatic carbocycles.